The predicted molar refractivity (Wildman–Crippen MR) is 82.6 cm³/mol. The van der Waals surface area contributed by atoms with E-state index in [4.69, 9.17) is 11.6 Å². The summed E-state index contributed by atoms with van der Waals surface area (Å²) in [7, 11) is 0. The summed E-state index contributed by atoms with van der Waals surface area (Å²) in [5.41, 5.74) is 1.14. The monoisotopic (exact) mass is 347 g/mol. The Morgan fingerprint density at radius 1 is 1.41 bits per heavy atom. The Morgan fingerprint density at radius 3 is 2.88 bits per heavy atom. The fourth-order valence-electron chi connectivity index (χ4n) is 1.40. The molecular weight excluding hydrogens is 338 g/mol. The molecule has 0 atom stereocenters. The molecule has 0 saturated heterocycles. The summed E-state index contributed by atoms with van der Waals surface area (Å²) >= 11 is 12.8. The minimum Gasteiger partial charge on any atom is -0.380 e. The van der Waals surface area contributed by atoms with Crippen LogP contribution in [-0.2, 0) is 6.54 Å². The molecule has 5 heteroatoms. The molecule has 1 N–H and O–H groups in total. The van der Waals surface area contributed by atoms with Gasteiger partial charge < -0.3 is 5.32 Å². The van der Waals surface area contributed by atoms with Crippen LogP contribution >= 0.6 is 50.6 Å². The van der Waals surface area contributed by atoms with Crippen LogP contribution in [0.2, 0.25) is 4.34 Å². The molecular formula is C12H11BrClNS2. The van der Waals surface area contributed by atoms with Crippen LogP contribution in [-0.4, -0.2) is 6.26 Å². The topological polar surface area (TPSA) is 12.0 Å². The fourth-order valence-corrected chi connectivity index (χ4v) is 3.59. The summed E-state index contributed by atoms with van der Waals surface area (Å²) in [5, 5.41) is 3.39. The van der Waals surface area contributed by atoms with Gasteiger partial charge in [-0.1, -0.05) is 17.7 Å². The van der Waals surface area contributed by atoms with Crippen molar-refractivity contribution >= 4 is 56.3 Å². The van der Waals surface area contributed by atoms with Crippen LogP contribution in [0.4, 0.5) is 5.69 Å². The summed E-state index contributed by atoms with van der Waals surface area (Å²) in [6.45, 7) is 0.799. The van der Waals surface area contributed by atoms with E-state index in [1.54, 1.807) is 23.1 Å². The van der Waals surface area contributed by atoms with E-state index in [2.05, 4.69) is 57.8 Å². The Bertz CT molecular complexity index is 493. The number of thioether (sulfide) groups is 1. The molecule has 0 unspecified atom stereocenters. The molecule has 1 aromatic heterocycles. The zero-order chi connectivity index (χ0) is 12.3. The summed E-state index contributed by atoms with van der Waals surface area (Å²) in [4.78, 5) is 2.48. The maximum absolute atomic E-state index is 6.00. The molecule has 0 radical (unpaired) electrons. The third-order valence-electron chi connectivity index (χ3n) is 2.23. The molecule has 2 aromatic rings. The first-order valence-corrected chi connectivity index (χ1v) is 8.22. The third kappa shape index (κ3) is 3.65. The molecule has 0 aliphatic carbocycles. The number of hydrogen-bond donors (Lipinski definition) is 1. The molecule has 0 spiro atoms. The van der Waals surface area contributed by atoms with Gasteiger partial charge in [-0.05, 0) is 46.5 Å². The van der Waals surface area contributed by atoms with Crippen LogP contribution in [0.1, 0.15) is 4.88 Å². The second kappa shape index (κ2) is 6.14. The predicted octanol–water partition coefficient (Wildman–Crippen LogP) is 5.50. The van der Waals surface area contributed by atoms with E-state index in [-0.39, 0.29) is 0 Å². The second-order valence-corrected chi connectivity index (χ2v) is 6.89. The lowest BCUT2D eigenvalue weighted by Crippen LogP contribution is -1.96. The van der Waals surface area contributed by atoms with E-state index < -0.39 is 0 Å². The van der Waals surface area contributed by atoms with Crippen molar-refractivity contribution in [3.63, 3.8) is 0 Å². The second-order valence-electron chi connectivity index (χ2n) is 3.42. The van der Waals surface area contributed by atoms with Crippen molar-refractivity contribution in [3.05, 3.63) is 44.0 Å². The number of nitrogens with one attached hydrogen (secondary N) is 1. The molecule has 0 aliphatic heterocycles. The normalized spacial score (nSPS) is 10.5. The highest BCUT2D eigenvalue weighted by Crippen LogP contribution is 2.32. The maximum Gasteiger partial charge on any atom is 0.107 e. The van der Waals surface area contributed by atoms with Gasteiger partial charge in [0.05, 0.1) is 0 Å². The van der Waals surface area contributed by atoms with Gasteiger partial charge in [0, 0.05) is 26.5 Å². The van der Waals surface area contributed by atoms with Gasteiger partial charge in [0.1, 0.15) is 4.34 Å². The highest BCUT2D eigenvalue weighted by atomic mass is 79.9. The van der Waals surface area contributed by atoms with Crippen molar-refractivity contribution in [2.75, 3.05) is 11.6 Å². The molecule has 1 nitrogen and oxygen atoms in total. The Labute approximate surface area is 123 Å². The molecule has 17 heavy (non-hydrogen) atoms. The molecule has 1 aromatic carbocycles. The molecule has 0 fully saturated rings. The van der Waals surface area contributed by atoms with Crippen molar-refractivity contribution in [1.29, 1.82) is 0 Å². The molecule has 0 saturated carbocycles. The molecule has 2 rings (SSSR count). The molecule has 90 valence electrons. The molecule has 0 aliphatic rings. The van der Waals surface area contributed by atoms with E-state index in [1.165, 1.54) is 9.77 Å². The maximum atomic E-state index is 6.00. The van der Waals surface area contributed by atoms with Crippen LogP contribution in [0.5, 0.6) is 0 Å². The summed E-state index contributed by atoms with van der Waals surface area (Å²) in [5.74, 6) is 0. The Morgan fingerprint density at radius 2 is 2.24 bits per heavy atom. The minimum atomic E-state index is 0.799. The van der Waals surface area contributed by atoms with Crippen LogP contribution < -0.4 is 5.32 Å². The van der Waals surface area contributed by atoms with E-state index >= 15 is 0 Å². The van der Waals surface area contributed by atoms with Gasteiger partial charge in [-0.25, -0.2) is 0 Å². The van der Waals surface area contributed by atoms with Crippen molar-refractivity contribution in [3.8, 4) is 0 Å². The quantitative estimate of drug-likeness (QED) is 0.732. The number of rotatable bonds is 4. The zero-order valence-corrected chi connectivity index (χ0v) is 13.1. The Kier molecular flexibility index (Phi) is 4.79. The van der Waals surface area contributed by atoms with Crippen molar-refractivity contribution in [2.45, 2.75) is 11.4 Å². The number of thiophene rings is 1. The van der Waals surface area contributed by atoms with Crippen molar-refractivity contribution < 1.29 is 0 Å². The van der Waals surface area contributed by atoms with E-state index in [0.29, 0.717) is 0 Å². The molecule has 0 amide bonds. The van der Waals surface area contributed by atoms with E-state index in [9.17, 15) is 0 Å². The highest BCUT2D eigenvalue weighted by molar-refractivity contribution is 9.10. The van der Waals surface area contributed by atoms with Gasteiger partial charge in [-0.3, -0.25) is 0 Å². The van der Waals surface area contributed by atoms with Gasteiger partial charge in [0.15, 0.2) is 0 Å². The number of anilines is 1. The van der Waals surface area contributed by atoms with Crippen LogP contribution in [0.15, 0.2) is 39.7 Å². The largest absolute Gasteiger partial charge is 0.380 e. The average Bonchev–Trinajstić information content (AvgIpc) is 2.67. The van der Waals surface area contributed by atoms with Crippen LogP contribution in [0.25, 0.3) is 0 Å². The van der Waals surface area contributed by atoms with Crippen molar-refractivity contribution in [2.24, 2.45) is 0 Å². The smallest absolute Gasteiger partial charge is 0.107 e. The van der Waals surface area contributed by atoms with Crippen LogP contribution in [0.3, 0.4) is 0 Å². The van der Waals surface area contributed by atoms with Gasteiger partial charge >= 0.3 is 0 Å². The van der Waals surface area contributed by atoms with Crippen molar-refractivity contribution in [1.82, 2.24) is 0 Å². The standard InChI is InChI=1S/C12H11BrClNS2/c1-16-9-4-2-3-8(5-9)15-7-10-6-11(13)12(14)17-10/h2-6,15H,7H2,1H3. The first-order chi connectivity index (χ1) is 8.19. The van der Waals surface area contributed by atoms with Gasteiger partial charge in [-0.15, -0.1) is 23.1 Å². The van der Waals surface area contributed by atoms with Gasteiger partial charge in [-0.2, -0.15) is 0 Å². The lowest BCUT2D eigenvalue weighted by Gasteiger charge is -2.05. The summed E-state index contributed by atoms with van der Waals surface area (Å²) in [6, 6.07) is 10.4. The van der Waals surface area contributed by atoms with Gasteiger partial charge in [0.25, 0.3) is 0 Å². The SMILES string of the molecule is CSc1cccc(NCc2cc(Br)c(Cl)s2)c1. The third-order valence-corrected chi connectivity index (χ3v) is 5.43. The molecule has 1 heterocycles. The fraction of sp³-hybridized carbons (Fsp3) is 0.167. The van der Waals surface area contributed by atoms with E-state index in [1.807, 2.05) is 0 Å². The first kappa shape index (κ1) is 13.3. The lowest BCUT2D eigenvalue weighted by atomic mass is 10.3. The van der Waals surface area contributed by atoms with Crippen LogP contribution in [0, 0.1) is 0 Å². The van der Waals surface area contributed by atoms with Gasteiger partial charge in [0.2, 0.25) is 0 Å². The summed E-state index contributed by atoms with van der Waals surface area (Å²) < 4.78 is 1.78. The Balaban J connectivity index is 2.01. The summed E-state index contributed by atoms with van der Waals surface area (Å²) in [6.07, 6.45) is 2.08. The lowest BCUT2D eigenvalue weighted by molar-refractivity contribution is 1.18. The number of hydrogen-bond acceptors (Lipinski definition) is 3. The van der Waals surface area contributed by atoms with E-state index in [0.717, 1.165) is 21.0 Å². The highest BCUT2D eigenvalue weighted by Gasteiger charge is 2.04. The minimum absolute atomic E-state index is 0.799. The number of halogens is 2. The molecule has 0 bridgehead atoms. The Hall–Kier alpha value is -0.160. The number of benzene rings is 1. The zero-order valence-electron chi connectivity index (χ0n) is 9.17. The first-order valence-electron chi connectivity index (χ1n) is 5.00. The average molecular weight is 349 g/mol.